The molecule has 0 radical (unpaired) electrons. The molecule has 7 heteroatoms. The van der Waals surface area contributed by atoms with Gasteiger partial charge in [-0.3, -0.25) is 9.69 Å². The van der Waals surface area contributed by atoms with Crippen molar-refractivity contribution in [2.75, 3.05) is 4.90 Å². The van der Waals surface area contributed by atoms with Crippen molar-refractivity contribution in [3.8, 4) is 6.07 Å². The van der Waals surface area contributed by atoms with Gasteiger partial charge in [0, 0.05) is 43.1 Å². The number of nitrogens with two attached hydrogens (primary N) is 1. The summed E-state index contributed by atoms with van der Waals surface area (Å²) in [6.07, 6.45) is 2.01. The van der Waals surface area contributed by atoms with Crippen molar-refractivity contribution in [2.45, 2.75) is 25.2 Å². The monoisotopic (exact) mass is 459 g/mol. The lowest BCUT2D eigenvalue weighted by atomic mass is 9.78. The molecule has 136 valence electrons. The molecule has 0 fully saturated rings. The summed E-state index contributed by atoms with van der Waals surface area (Å²) in [6, 6.07) is 11.5. The number of nitrogens with zero attached hydrogens (tertiary/aromatic N) is 2. The Kier molecular flexibility index (Phi) is 4.85. The zero-order chi connectivity index (χ0) is 19.1. The molecule has 0 bridgehead atoms. The predicted octanol–water partition coefficient (Wildman–Crippen LogP) is 5.47. The second-order valence-corrected chi connectivity index (χ2v) is 8.75. The number of nitriles is 1. The molecule has 2 heterocycles. The summed E-state index contributed by atoms with van der Waals surface area (Å²) in [5.41, 5.74) is 9.28. The van der Waals surface area contributed by atoms with Crippen molar-refractivity contribution in [1.29, 1.82) is 5.26 Å². The molecule has 1 atom stereocenters. The van der Waals surface area contributed by atoms with Gasteiger partial charge in [0.1, 0.15) is 5.82 Å². The van der Waals surface area contributed by atoms with Crippen LogP contribution in [0.15, 0.2) is 62.8 Å². The number of anilines is 1. The molecule has 0 saturated heterocycles. The van der Waals surface area contributed by atoms with Crippen LogP contribution < -0.4 is 10.6 Å². The smallest absolute Gasteiger partial charge is 0.161 e. The van der Waals surface area contributed by atoms with E-state index in [1.165, 1.54) is 11.3 Å². The lowest BCUT2D eigenvalue weighted by molar-refractivity contribution is -0.116. The summed E-state index contributed by atoms with van der Waals surface area (Å²) in [4.78, 5) is 15.7. The fourth-order valence-corrected chi connectivity index (χ4v) is 5.42. The van der Waals surface area contributed by atoms with Crippen molar-refractivity contribution in [1.82, 2.24) is 0 Å². The zero-order valence-electron chi connectivity index (χ0n) is 14.2. The molecule has 2 N–H and O–H groups in total. The van der Waals surface area contributed by atoms with E-state index >= 15 is 0 Å². The number of carbonyl (C=O) groups is 1. The summed E-state index contributed by atoms with van der Waals surface area (Å²) < 4.78 is 0.934. The minimum absolute atomic E-state index is 0.0879. The van der Waals surface area contributed by atoms with Crippen molar-refractivity contribution >= 4 is 50.3 Å². The van der Waals surface area contributed by atoms with Crippen LogP contribution in [0, 0.1) is 11.3 Å². The topological polar surface area (TPSA) is 70.1 Å². The minimum atomic E-state index is -0.405. The molecule has 1 aromatic carbocycles. The minimum Gasteiger partial charge on any atom is -0.384 e. The van der Waals surface area contributed by atoms with Crippen LogP contribution in [0.3, 0.4) is 0 Å². The van der Waals surface area contributed by atoms with E-state index in [0.29, 0.717) is 28.4 Å². The average Bonchev–Trinajstić information content (AvgIpc) is 3.08. The van der Waals surface area contributed by atoms with Gasteiger partial charge >= 0.3 is 0 Å². The van der Waals surface area contributed by atoms with Crippen LogP contribution in [0.5, 0.6) is 0 Å². The fraction of sp³-hybridized carbons (Fsp3) is 0.200. The van der Waals surface area contributed by atoms with E-state index < -0.39 is 5.92 Å². The summed E-state index contributed by atoms with van der Waals surface area (Å²) in [5.74, 6) is 0.0606. The largest absolute Gasteiger partial charge is 0.384 e. The lowest BCUT2D eigenvalue weighted by Gasteiger charge is -2.39. The Balaban J connectivity index is 1.96. The van der Waals surface area contributed by atoms with Crippen molar-refractivity contribution in [2.24, 2.45) is 5.73 Å². The maximum Gasteiger partial charge on any atom is 0.161 e. The molecular formula is C20H15BrClN3OS. The van der Waals surface area contributed by atoms with Gasteiger partial charge in [0.2, 0.25) is 0 Å². The molecule has 0 unspecified atom stereocenters. The van der Waals surface area contributed by atoms with Crippen molar-refractivity contribution in [3.63, 3.8) is 0 Å². The Labute approximate surface area is 174 Å². The lowest BCUT2D eigenvalue weighted by Crippen LogP contribution is -2.38. The van der Waals surface area contributed by atoms with E-state index in [-0.39, 0.29) is 5.78 Å². The number of rotatable bonds is 2. The number of thiophene rings is 1. The number of carbonyl (C=O) groups excluding carboxylic acids is 1. The Morgan fingerprint density at radius 3 is 2.67 bits per heavy atom. The number of hydrogen-bond acceptors (Lipinski definition) is 5. The van der Waals surface area contributed by atoms with E-state index in [2.05, 4.69) is 22.0 Å². The standard InChI is InChI=1S/C20H15BrClN3OS/c21-11-8-17(27-10-11)18-14(9-23)20(24)25(13-6-4-12(22)5-7-13)15-2-1-3-16(26)19(15)18/h4-8,10,18H,1-3,24H2/t18-/m0/s1. The second kappa shape index (κ2) is 7.16. The SMILES string of the molecule is N#CC1=C(N)N(c2ccc(Cl)cc2)C2=C(C(=O)CCC2)[C@@H]1c1cc(Br)cs1. The number of hydrogen-bond donors (Lipinski definition) is 1. The first-order valence-corrected chi connectivity index (χ1v) is 10.5. The molecular weight excluding hydrogens is 446 g/mol. The highest BCUT2D eigenvalue weighted by atomic mass is 79.9. The van der Waals surface area contributed by atoms with Crippen LogP contribution in [0.2, 0.25) is 5.02 Å². The molecule has 1 aromatic heterocycles. The van der Waals surface area contributed by atoms with Crippen LogP contribution in [-0.4, -0.2) is 5.78 Å². The number of allylic oxidation sites excluding steroid dienone is 3. The molecule has 1 aliphatic heterocycles. The Bertz CT molecular complexity index is 1030. The number of Topliss-reactive ketones (excluding diaryl/α,β-unsaturated/α-hetero) is 1. The quantitative estimate of drug-likeness (QED) is 0.645. The van der Waals surface area contributed by atoms with E-state index in [0.717, 1.165) is 33.6 Å². The number of halogens is 2. The second-order valence-electron chi connectivity index (χ2n) is 6.46. The highest BCUT2D eigenvalue weighted by Gasteiger charge is 2.40. The van der Waals surface area contributed by atoms with Gasteiger partial charge in [-0.2, -0.15) is 5.26 Å². The fourth-order valence-electron chi connectivity index (χ4n) is 3.74. The van der Waals surface area contributed by atoms with Gasteiger partial charge < -0.3 is 5.73 Å². The van der Waals surface area contributed by atoms with Crippen LogP contribution >= 0.6 is 38.9 Å². The van der Waals surface area contributed by atoms with Gasteiger partial charge in [-0.25, -0.2) is 0 Å². The van der Waals surface area contributed by atoms with Gasteiger partial charge in [-0.1, -0.05) is 11.6 Å². The third-order valence-corrected chi connectivity index (χ3v) is 6.88. The van der Waals surface area contributed by atoms with Crippen LogP contribution in [0.25, 0.3) is 0 Å². The van der Waals surface area contributed by atoms with Crippen LogP contribution in [0.4, 0.5) is 5.69 Å². The molecule has 2 aromatic rings. The third kappa shape index (κ3) is 3.10. The summed E-state index contributed by atoms with van der Waals surface area (Å²) >= 11 is 11.0. The Morgan fingerprint density at radius 1 is 1.30 bits per heavy atom. The first kappa shape index (κ1) is 18.3. The van der Waals surface area contributed by atoms with Crippen molar-refractivity contribution < 1.29 is 4.79 Å². The van der Waals surface area contributed by atoms with Gasteiger partial charge in [0.25, 0.3) is 0 Å². The molecule has 2 aliphatic rings. The Hall–Kier alpha value is -2.07. The Morgan fingerprint density at radius 2 is 2.04 bits per heavy atom. The van der Waals surface area contributed by atoms with E-state index in [9.17, 15) is 10.1 Å². The van der Waals surface area contributed by atoms with Gasteiger partial charge in [-0.05, 0) is 59.1 Å². The third-order valence-electron chi connectivity index (χ3n) is 4.87. The molecule has 0 amide bonds. The first-order valence-electron chi connectivity index (χ1n) is 8.47. The maximum atomic E-state index is 12.9. The molecule has 0 saturated carbocycles. The van der Waals surface area contributed by atoms with Crippen molar-refractivity contribution in [3.05, 3.63) is 72.7 Å². The van der Waals surface area contributed by atoms with Crippen LogP contribution in [-0.2, 0) is 4.79 Å². The average molecular weight is 461 g/mol. The summed E-state index contributed by atoms with van der Waals surface area (Å²) in [6.45, 7) is 0. The van der Waals surface area contributed by atoms with Crippen LogP contribution in [0.1, 0.15) is 30.1 Å². The van der Waals surface area contributed by atoms with E-state index in [4.69, 9.17) is 17.3 Å². The highest BCUT2D eigenvalue weighted by molar-refractivity contribution is 9.10. The zero-order valence-corrected chi connectivity index (χ0v) is 17.4. The molecule has 4 nitrogen and oxygen atoms in total. The van der Waals surface area contributed by atoms with Gasteiger partial charge in [-0.15, -0.1) is 11.3 Å². The first-order chi connectivity index (χ1) is 13.0. The number of benzene rings is 1. The van der Waals surface area contributed by atoms with E-state index in [1.807, 2.05) is 28.5 Å². The van der Waals surface area contributed by atoms with Gasteiger partial charge in [0.05, 0.1) is 17.6 Å². The van der Waals surface area contributed by atoms with E-state index in [1.54, 1.807) is 12.1 Å². The molecule has 27 heavy (non-hydrogen) atoms. The highest BCUT2D eigenvalue weighted by Crippen LogP contribution is 2.47. The predicted molar refractivity (Wildman–Crippen MR) is 111 cm³/mol. The molecule has 4 rings (SSSR count). The molecule has 1 aliphatic carbocycles. The summed E-state index contributed by atoms with van der Waals surface area (Å²) in [7, 11) is 0. The summed E-state index contributed by atoms with van der Waals surface area (Å²) in [5, 5.41) is 12.5. The number of ketones is 1. The normalized spacial score (nSPS) is 20.0. The molecule has 0 spiro atoms. The maximum absolute atomic E-state index is 12.9. The van der Waals surface area contributed by atoms with Gasteiger partial charge in [0.15, 0.2) is 5.78 Å².